The molecule has 0 spiro atoms. The molecule has 0 unspecified atom stereocenters. The average molecular weight is 446 g/mol. The Balaban J connectivity index is 1.49. The Morgan fingerprint density at radius 3 is 2.48 bits per heavy atom. The molecule has 0 bridgehead atoms. The number of thiophene rings is 1. The summed E-state index contributed by atoms with van der Waals surface area (Å²) in [6, 6.07) is 0.366. The number of anilines is 1. The van der Waals surface area contributed by atoms with Gasteiger partial charge in [0.1, 0.15) is 21.3 Å². The first-order valence-corrected chi connectivity index (χ1v) is 12.0. The van der Waals surface area contributed by atoms with Crippen LogP contribution in [0.1, 0.15) is 60.1 Å². The van der Waals surface area contributed by atoms with E-state index in [2.05, 4.69) is 15.2 Å². The van der Waals surface area contributed by atoms with Gasteiger partial charge in [0.2, 0.25) is 0 Å². The molecule has 1 aliphatic heterocycles. The van der Waals surface area contributed by atoms with E-state index < -0.39 is 0 Å². The Morgan fingerprint density at radius 1 is 1.10 bits per heavy atom. The smallest absolute Gasteiger partial charge is 0.348 e. The van der Waals surface area contributed by atoms with Gasteiger partial charge >= 0.3 is 12.0 Å². The highest BCUT2D eigenvalue weighted by Gasteiger charge is 2.28. The molecule has 0 atom stereocenters. The van der Waals surface area contributed by atoms with E-state index >= 15 is 0 Å². The molecule has 9 heteroatoms. The number of hydrogen-bond acceptors (Lipinski definition) is 7. The summed E-state index contributed by atoms with van der Waals surface area (Å²) in [5, 5.41) is 4.13. The summed E-state index contributed by atoms with van der Waals surface area (Å²) in [5.74, 6) is 1.21. The number of esters is 1. The highest BCUT2D eigenvalue weighted by molar-refractivity contribution is 7.20. The lowest BCUT2D eigenvalue weighted by Gasteiger charge is -2.36. The lowest BCUT2D eigenvalue weighted by molar-refractivity contribution is 0.0531. The normalized spacial score (nSPS) is 17.8. The number of urea groups is 1. The van der Waals surface area contributed by atoms with Crippen molar-refractivity contribution in [2.24, 2.45) is 0 Å². The number of ether oxygens (including phenoxy) is 1. The number of amides is 2. The minimum atomic E-state index is -0.309. The molecule has 4 rings (SSSR count). The molecule has 1 saturated carbocycles. The fraction of sp³-hybridized carbons (Fsp3) is 0.636. The molecule has 2 fully saturated rings. The van der Waals surface area contributed by atoms with E-state index in [0.29, 0.717) is 49.5 Å². The second kappa shape index (κ2) is 9.38. The van der Waals surface area contributed by atoms with Crippen LogP contribution in [0.2, 0.25) is 0 Å². The van der Waals surface area contributed by atoms with Crippen molar-refractivity contribution < 1.29 is 14.3 Å². The van der Waals surface area contributed by atoms with Gasteiger partial charge in [-0.25, -0.2) is 19.6 Å². The number of carbonyl (C=O) groups is 2. The summed E-state index contributed by atoms with van der Waals surface area (Å²) in [6.07, 6.45) is 5.86. The van der Waals surface area contributed by atoms with Crippen molar-refractivity contribution in [3.05, 3.63) is 16.3 Å². The molecule has 2 aliphatic rings. The maximum atomic E-state index is 12.7. The quantitative estimate of drug-likeness (QED) is 0.723. The molecule has 2 aromatic heterocycles. The summed E-state index contributed by atoms with van der Waals surface area (Å²) < 4.78 is 5.22. The van der Waals surface area contributed by atoms with Gasteiger partial charge in [-0.3, -0.25) is 0 Å². The topological polar surface area (TPSA) is 87.7 Å². The second-order valence-electron chi connectivity index (χ2n) is 8.31. The van der Waals surface area contributed by atoms with Crippen LogP contribution in [-0.4, -0.2) is 65.7 Å². The first kappa shape index (κ1) is 21.8. The number of nitrogens with one attached hydrogen (secondary N) is 1. The van der Waals surface area contributed by atoms with Crippen LogP contribution in [0.4, 0.5) is 10.6 Å². The maximum absolute atomic E-state index is 12.7. The van der Waals surface area contributed by atoms with E-state index in [-0.39, 0.29) is 12.0 Å². The van der Waals surface area contributed by atoms with E-state index in [1.807, 2.05) is 18.7 Å². The van der Waals surface area contributed by atoms with Gasteiger partial charge in [0.15, 0.2) is 0 Å². The molecule has 1 N–H and O–H groups in total. The third-order valence-corrected chi connectivity index (χ3v) is 7.31. The molecular formula is C22H31N5O3S. The van der Waals surface area contributed by atoms with Crippen LogP contribution in [0.3, 0.4) is 0 Å². The zero-order valence-corrected chi connectivity index (χ0v) is 19.4. The number of aryl methyl sites for hydroxylation is 2. The van der Waals surface area contributed by atoms with E-state index in [0.717, 1.165) is 34.4 Å². The van der Waals surface area contributed by atoms with Gasteiger partial charge in [0.05, 0.1) is 12.0 Å². The van der Waals surface area contributed by atoms with E-state index in [1.165, 1.54) is 30.6 Å². The molecule has 8 nitrogen and oxygen atoms in total. The number of rotatable bonds is 4. The lowest BCUT2D eigenvalue weighted by atomic mass is 9.96. The van der Waals surface area contributed by atoms with Crippen molar-refractivity contribution >= 4 is 39.4 Å². The van der Waals surface area contributed by atoms with Crippen molar-refractivity contribution in [3.8, 4) is 0 Å². The minimum absolute atomic E-state index is 0.0480. The first-order valence-electron chi connectivity index (χ1n) is 11.2. The SMILES string of the molecule is CCOC(=O)c1sc2nc(C)nc(N3CCN(C(=O)NC4CCCCC4)CC3)c2c1C. The Labute approximate surface area is 187 Å². The highest BCUT2D eigenvalue weighted by Crippen LogP contribution is 2.36. The predicted molar refractivity (Wildman–Crippen MR) is 122 cm³/mol. The number of piperazine rings is 1. The van der Waals surface area contributed by atoms with Crippen LogP contribution in [0.25, 0.3) is 10.2 Å². The Hall–Kier alpha value is -2.42. The molecule has 3 heterocycles. The number of nitrogens with zero attached hydrogens (tertiary/aromatic N) is 4. The average Bonchev–Trinajstić information content (AvgIpc) is 3.10. The molecular weight excluding hydrogens is 414 g/mol. The van der Waals surface area contributed by atoms with Crippen molar-refractivity contribution in [1.29, 1.82) is 0 Å². The van der Waals surface area contributed by atoms with Gasteiger partial charge in [-0.05, 0) is 39.2 Å². The van der Waals surface area contributed by atoms with Crippen LogP contribution in [-0.2, 0) is 4.74 Å². The van der Waals surface area contributed by atoms with Crippen LogP contribution < -0.4 is 10.2 Å². The number of fused-ring (bicyclic) bond motifs is 1. The van der Waals surface area contributed by atoms with Crippen LogP contribution >= 0.6 is 11.3 Å². The molecule has 0 aromatic carbocycles. The molecule has 2 amide bonds. The van der Waals surface area contributed by atoms with Gasteiger partial charge in [-0.15, -0.1) is 11.3 Å². The van der Waals surface area contributed by atoms with Crippen molar-refractivity contribution in [2.75, 3.05) is 37.7 Å². The zero-order valence-electron chi connectivity index (χ0n) is 18.6. The molecule has 1 aliphatic carbocycles. The van der Waals surface area contributed by atoms with E-state index in [9.17, 15) is 9.59 Å². The van der Waals surface area contributed by atoms with Gasteiger partial charge < -0.3 is 19.9 Å². The Kier molecular flexibility index (Phi) is 6.60. The van der Waals surface area contributed by atoms with Crippen LogP contribution in [0.5, 0.6) is 0 Å². The number of carbonyl (C=O) groups excluding carboxylic acids is 2. The van der Waals surface area contributed by atoms with Crippen molar-refractivity contribution in [3.63, 3.8) is 0 Å². The first-order chi connectivity index (χ1) is 15.0. The molecule has 1 saturated heterocycles. The second-order valence-corrected chi connectivity index (χ2v) is 9.31. The predicted octanol–water partition coefficient (Wildman–Crippen LogP) is 3.65. The molecule has 31 heavy (non-hydrogen) atoms. The van der Waals surface area contributed by atoms with Gasteiger partial charge in [0.25, 0.3) is 0 Å². The molecule has 168 valence electrons. The molecule has 0 radical (unpaired) electrons. The summed E-state index contributed by atoms with van der Waals surface area (Å²) in [5.41, 5.74) is 0.867. The monoisotopic (exact) mass is 445 g/mol. The summed E-state index contributed by atoms with van der Waals surface area (Å²) in [6.45, 7) is 8.65. The number of aromatic nitrogens is 2. The van der Waals surface area contributed by atoms with Crippen LogP contribution in [0.15, 0.2) is 0 Å². The Morgan fingerprint density at radius 2 is 1.81 bits per heavy atom. The Bertz CT molecular complexity index is 962. The van der Waals surface area contributed by atoms with E-state index in [4.69, 9.17) is 9.72 Å². The van der Waals surface area contributed by atoms with Gasteiger partial charge in [0, 0.05) is 32.2 Å². The largest absolute Gasteiger partial charge is 0.462 e. The standard InChI is InChI=1S/C22H31N5O3S/c1-4-30-21(28)18-14(2)17-19(23-15(3)24-20(17)31-18)26-10-12-27(13-11-26)22(29)25-16-8-6-5-7-9-16/h16H,4-13H2,1-3H3,(H,25,29). The highest BCUT2D eigenvalue weighted by atomic mass is 32.1. The maximum Gasteiger partial charge on any atom is 0.348 e. The van der Waals surface area contributed by atoms with Gasteiger partial charge in [-0.1, -0.05) is 19.3 Å². The summed E-state index contributed by atoms with van der Waals surface area (Å²) >= 11 is 1.36. The minimum Gasteiger partial charge on any atom is -0.462 e. The fourth-order valence-electron chi connectivity index (χ4n) is 4.48. The third-order valence-electron chi connectivity index (χ3n) is 6.14. The summed E-state index contributed by atoms with van der Waals surface area (Å²) in [7, 11) is 0. The fourth-order valence-corrected chi connectivity index (χ4v) is 5.59. The van der Waals surface area contributed by atoms with E-state index in [1.54, 1.807) is 6.92 Å². The van der Waals surface area contributed by atoms with Gasteiger partial charge in [-0.2, -0.15) is 0 Å². The summed E-state index contributed by atoms with van der Waals surface area (Å²) in [4.78, 5) is 39.8. The van der Waals surface area contributed by atoms with Crippen LogP contribution in [0, 0.1) is 13.8 Å². The zero-order chi connectivity index (χ0) is 22.0. The molecule has 2 aromatic rings. The lowest BCUT2D eigenvalue weighted by Crippen LogP contribution is -2.54. The third kappa shape index (κ3) is 4.61. The van der Waals surface area contributed by atoms with Crippen molar-refractivity contribution in [1.82, 2.24) is 20.2 Å². The number of hydrogen-bond donors (Lipinski definition) is 1. The van der Waals surface area contributed by atoms with Crippen molar-refractivity contribution in [2.45, 2.75) is 58.9 Å².